The third-order valence-corrected chi connectivity index (χ3v) is 5.72. The van der Waals surface area contributed by atoms with Crippen LogP contribution in [0.3, 0.4) is 0 Å². The fourth-order valence-electron chi connectivity index (χ4n) is 3.94. The van der Waals surface area contributed by atoms with Crippen LogP contribution >= 0.6 is 0 Å². The number of aliphatic hydroxyl groups is 1. The second-order valence-corrected chi connectivity index (χ2v) is 8.15. The van der Waals surface area contributed by atoms with Crippen molar-refractivity contribution in [2.45, 2.75) is 6.10 Å². The van der Waals surface area contributed by atoms with Crippen LogP contribution in [0, 0.1) is 5.82 Å². The molecule has 0 saturated carbocycles. The lowest BCUT2D eigenvalue weighted by atomic mass is 10.1. The van der Waals surface area contributed by atoms with Crippen LogP contribution in [0.1, 0.15) is 22.0 Å². The number of rotatable bonds is 7. The van der Waals surface area contributed by atoms with Crippen LogP contribution in [0.5, 0.6) is 0 Å². The first-order chi connectivity index (χ1) is 17.5. The van der Waals surface area contributed by atoms with Gasteiger partial charge in [-0.1, -0.05) is 42.5 Å². The minimum Gasteiger partial charge on any atom is -0.387 e. The van der Waals surface area contributed by atoms with Crippen LogP contribution in [0.4, 0.5) is 15.8 Å². The summed E-state index contributed by atoms with van der Waals surface area (Å²) in [4.78, 5) is 35.8. The largest absolute Gasteiger partial charge is 0.387 e. The number of aliphatic hydroxyl groups excluding tert-OH is 1. The number of carbonyl (C=O) groups is 1. The molecular formula is C27H22FN5O3. The zero-order chi connectivity index (χ0) is 25.1. The van der Waals surface area contributed by atoms with E-state index in [2.05, 4.69) is 25.6 Å². The Hall–Kier alpha value is -4.76. The number of aromatic amines is 2. The Balaban J connectivity index is 1.45. The van der Waals surface area contributed by atoms with Crippen molar-refractivity contribution < 1.29 is 14.3 Å². The van der Waals surface area contributed by atoms with Crippen LogP contribution < -0.4 is 16.2 Å². The van der Waals surface area contributed by atoms with Crippen LogP contribution in [-0.2, 0) is 0 Å². The Morgan fingerprint density at radius 1 is 1.00 bits per heavy atom. The number of nitrogens with zero attached hydrogens (tertiary/aromatic N) is 1. The van der Waals surface area contributed by atoms with Crippen LogP contribution in [-0.4, -0.2) is 32.5 Å². The summed E-state index contributed by atoms with van der Waals surface area (Å²) in [6.07, 6.45) is 0.731. The molecule has 0 spiro atoms. The van der Waals surface area contributed by atoms with Crippen molar-refractivity contribution in [3.05, 3.63) is 112 Å². The fraction of sp³-hybridized carbons (Fsp3) is 0.0741. The van der Waals surface area contributed by atoms with E-state index in [9.17, 15) is 19.1 Å². The number of anilines is 2. The van der Waals surface area contributed by atoms with E-state index in [0.29, 0.717) is 22.4 Å². The Labute approximate surface area is 204 Å². The molecule has 1 atom stereocenters. The van der Waals surface area contributed by atoms with Gasteiger partial charge in [-0.3, -0.25) is 9.59 Å². The maximum Gasteiger partial charge on any atom is 0.261 e. The fourth-order valence-corrected chi connectivity index (χ4v) is 3.94. The molecule has 0 unspecified atom stereocenters. The molecule has 0 aliphatic heterocycles. The highest BCUT2D eigenvalue weighted by Crippen LogP contribution is 2.28. The van der Waals surface area contributed by atoms with Crippen molar-refractivity contribution in [3.8, 4) is 11.4 Å². The summed E-state index contributed by atoms with van der Waals surface area (Å²) in [5.41, 5.74) is 2.74. The zero-order valence-corrected chi connectivity index (χ0v) is 19.0. The molecule has 9 heteroatoms. The molecular weight excluding hydrogens is 461 g/mol. The highest BCUT2D eigenvalue weighted by atomic mass is 19.1. The van der Waals surface area contributed by atoms with Gasteiger partial charge >= 0.3 is 0 Å². The summed E-state index contributed by atoms with van der Waals surface area (Å²) >= 11 is 0. The van der Waals surface area contributed by atoms with Gasteiger partial charge in [-0.05, 0) is 42.0 Å². The highest BCUT2D eigenvalue weighted by Gasteiger charge is 2.18. The Morgan fingerprint density at radius 3 is 2.61 bits per heavy atom. The molecule has 2 heterocycles. The summed E-state index contributed by atoms with van der Waals surface area (Å²) < 4.78 is 13.5. The molecule has 5 rings (SSSR count). The number of H-pyrrole nitrogens is 2. The molecule has 8 nitrogen and oxygen atoms in total. The van der Waals surface area contributed by atoms with Crippen molar-refractivity contribution in [2.24, 2.45) is 0 Å². The van der Waals surface area contributed by atoms with Crippen molar-refractivity contribution >= 4 is 28.3 Å². The van der Waals surface area contributed by atoms with Crippen molar-refractivity contribution in [1.29, 1.82) is 0 Å². The third-order valence-electron chi connectivity index (χ3n) is 5.72. The zero-order valence-electron chi connectivity index (χ0n) is 19.0. The maximum atomic E-state index is 13.5. The van der Waals surface area contributed by atoms with E-state index in [-0.39, 0.29) is 29.1 Å². The number of aromatic nitrogens is 3. The van der Waals surface area contributed by atoms with Crippen molar-refractivity contribution in [2.75, 3.05) is 17.2 Å². The van der Waals surface area contributed by atoms with Crippen molar-refractivity contribution in [1.82, 2.24) is 15.0 Å². The minimum absolute atomic E-state index is 0.172. The molecule has 0 bridgehead atoms. The number of nitrogens with one attached hydrogen (secondary N) is 4. The van der Waals surface area contributed by atoms with Gasteiger partial charge in [-0.2, -0.15) is 0 Å². The first-order valence-electron chi connectivity index (χ1n) is 11.2. The maximum absolute atomic E-state index is 13.5. The highest BCUT2D eigenvalue weighted by molar-refractivity contribution is 6.08. The van der Waals surface area contributed by atoms with Gasteiger partial charge in [-0.25, -0.2) is 9.37 Å². The predicted molar refractivity (Wildman–Crippen MR) is 136 cm³/mol. The molecule has 5 aromatic rings. The topological polar surface area (TPSA) is 123 Å². The van der Waals surface area contributed by atoms with Crippen LogP contribution in [0.25, 0.3) is 22.4 Å². The van der Waals surface area contributed by atoms with Crippen LogP contribution in [0.2, 0.25) is 0 Å². The Bertz CT molecular complexity index is 1600. The number of amides is 1. The summed E-state index contributed by atoms with van der Waals surface area (Å²) in [5.74, 6) is -0.707. The van der Waals surface area contributed by atoms with Gasteiger partial charge in [-0.15, -0.1) is 0 Å². The average molecular weight is 484 g/mol. The van der Waals surface area contributed by atoms with Crippen molar-refractivity contribution in [3.63, 3.8) is 0 Å². The van der Waals surface area contributed by atoms with Gasteiger partial charge in [0, 0.05) is 18.3 Å². The second kappa shape index (κ2) is 9.85. The SMILES string of the molecule is O=C(Nc1cccc2[nH]c(-c3c(NC[C@H](O)c4ccccc4)cc[nH]c3=O)nc12)c1cccc(F)c1. The number of hydrogen-bond donors (Lipinski definition) is 5. The molecule has 0 radical (unpaired) electrons. The molecule has 180 valence electrons. The van der Waals surface area contributed by atoms with Gasteiger partial charge < -0.3 is 25.7 Å². The Kier molecular flexibility index (Phi) is 6.29. The lowest BCUT2D eigenvalue weighted by Crippen LogP contribution is -2.17. The number of pyridine rings is 1. The number of benzene rings is 3. The van der Waals surface area contributed by atoms with E-state index >= 15 is 0 Å². The lowest BCUT2D eigenvalue weighted by molar-refractivity contribution is 0.102. The van der Waals surface area contributed by atoms with Gasteiger partial charge in [0.05, 0.1) is 23.0 Å². The first kappa shape index (κ1) is 23.0. The molecule has 0 aliphatic carbocycles. The quantitative estimate of drug-likeness (QED) is 0.234. The molecule has 0 fully saturated rings. The molecule has 1 amide bonds. The summed E-state index contributed by atoms with van der Waals surface area (Å²) in [5, 5.41) is 16.4. The average Bonchev–Trinajstić information content (AvgIpc) is 3.32. The first-order valence-corrected chi connectivity index (χ1v) is 11.2. The number of carbonyl (C=O) groups excluding carboxylic acids is 1. The molecule has 5 N–H and O–H groups in total. The molecule has 2 aromatic heterocycles. The molecule has 0 aliphatic rings. The summed E-state index contributed by atoms with van der Waals surface area (Å²) in [6, 6.07) is 21.5. The monoisotopic (exact) mass is 483 g/mol. The van der Waals surface area contributed by atoms with Gasteiger partial charge in [0.1, 0.15) is 22.7 Å². The van der Waals surface area contributed by atoms with Crippen LogP contribution in [0.15, 0.2) is 89.9 Å². The lowest BCUT2D eigenvalue weighted by Gasteiger charge is -2.14. The number of hydrogen-bond acceptors (Lipinski definition) is 5. The second-order valence-electron chi connectivity index (χ2n) is 8.15. The minimum atomic E-state index is -0.779. The molecule has 0 saturated heterocycles. The number of fused-ring (bicyclic) bond motifs is 1. The number of para-hydroxylation sites is 1. The van der Waals surface area contributed by atoms with E-state index in [1.54, 1.807) is 24.3 Å². The normalized spacial score (nSPS) is 11.8. The van der Waals surface area contributed by atoms with E-state index in [0.717, 1.165) is 11.6 Å². The van der Waals surface area contributed by atoms with E-state index in [1.807, 2.05) is 30.3 Å². The van der Waals surface area contributed by atoms with E-state index in [1.165, 1.54) is 24.4 Å². The predicted octanol–water partition coefficient (Wildman–Crippen LogP) is 4.46. The van der Waals surface area contributed by atoms with Gasteiger partial charge in [0.15, 0.2) is 0 Å². The standard InChI is InChI=1S/C27H22FN5O3/c28-18-9-4-8-17(14-18)26(35)32-21-11-5-10-20-24(21)33-25(31-20)23-19(12-13-29-27(23)36)30-15-22(34)16-6-2-1-3-7-16/h1-14,22,34H,15H2,(H,31,33)(H,32,35)(H2,29,30,36)/t22-/m0/s1. The summed E-state index contributed by atoms with van der Waals surface area (Å²) in [7, 11) is 0. The van der Waals surface area contributed by atoms with Gasteiger partial charge in [0.25, 0.3) is 11.5 Å². The smallest absolute Gasteiger partial charge is 0.261 e. The van der Waals surface area contributed by atoms with E-state index in [4.69, 9.17) is 0 Å². The Morgan fingerprint density at radius 2 is 1.81 bits per heavy atom. The number of halogens is 1. The van der Waals surface area contributed by atoms with E-state index < -0.39 is 17.8 Å². The number of imidazole rings is 1. The molecule has 3 aromatic carbocycles. The summed E-state index contributed by atoms with van der Waals surface area (Å²) in [6.45, 7) is 0.176. The van der Waals surface area contributed by atoms with Gasteiger partial charge in [0.2, 0.25) is 0 Å². The molecule has 36 heavy (non-hydrogen) atoms. The third kappa shape index (κ3) is 4.73.